The second kappa shape index (κ2) is 10.9. The van der Waals surface area contributed by atoms with Crippen LogP contribution in [0.1, 0.15) is 46.2 Å². The molecule has 6 nitrogen and oxygen atoms in total. The number of tetrazole rings is 1. The van der Waals surface area contributed by atoms with Crippen LogP contribution in [0.3, 0.4) is 0 Å². The third-order valence-corrected chi connectivity index (χ3v) is 6.57. The van der Waals surface area contributed by atoms with Crippen molar-refractivity contribution in [2.75, 3.05) is 12.0 Å². The van der Waals surface area contributed by atoms with E-state index in [9.17, 15) is 39.5 Å². The highest BCUT2D eigenvalue weighted by Crippen LogP contribution is 2.39. The molecular formula is C25H24F9N5O. The molecular weight excluding hydrogens is 557 g/mol. The number of alkyl halides is 9. The molecule has 0 N–H and O–H groups in total. The van der Waals surface area contributed by atoms with Crippen LogP contribution in [0.2, 0.25) is 0 Å². The quantitative estimate of drug-likeness (QED) is 0.272. The molecule has 0 radical (unpaired) electrons. The Morgan fingerprint density at radius 1 is 0.850 bits per heavy atom. The maximum absolute atomic E-state index is 13.6. The van der Waals surface area contributed by atoms with E-state index in [0.29, 0.717) is 17.7 Å². The number of hydrogen-bond acceptors (Lipinski definition) is 5. The van der Waals surface area contributed by atoms with Gasteiger partial charge >= 0.3 is 18.5 Å². The molecule has 0 aliphatic heterocycles. The van der Waals surface area contributed by atoms with Crippen LogP contribution in [0.15, 0.2) is 36.4 Å². The molecule has 40 heavy (non-hydrogen) atoms. The van der Waals surface area contributed by atoms with E-state index in [1.54, 1.807) is 0 Å². The number of methoxy groups -OCH3 is 1. The van der Waals surface area contributed by atoms with Gasteiger partial charge in [-0.2, -0.15) is 44.3 Å². The van der Waals surface area contributed by atoms with Crippen LogP contribution in [0.5, 0.6) is 0 Å². The van der Waals surface area contributed by atoms with Gasteiger partial charge in [0.2, 0.25) is 0 Å². The second-order valence-electron chi connectivity index (χ2n) is 9.65. The van der Waals surface area contributed by atoms with Gasteiger partial charge in [-0.1, -0.05) is 11.2 Å². The predicted octanol–water partition coefficient (Wildman–Crippen LogP) is 6.44. The molecule has 1 heterocycles. The number of aryl methyl sites for hydroxylation is 1. The third kappa shape index (κ3) is 7.23. The number of hydrogen-bond donors (Lipinski definition) is 0. The summed E-state index contributed by atoms with van der Waals surface area (Å²) in [5, 5.41) is 11.5. The first-order chi connectivity index (χ1) is 18.5. The minimum Gasteiger partial charge on any atom is -0.381 e. The van der Waals surface area contributed by atoms with Gasteiger partial charge in [-0.15, -0.1) is 5.10 Å². The molecule has 218 valence electrons. The van der Waals surface area contributed by atoms with Crippen molar-refractivity contribution in [3.63, 3.8) is 0 Å². The number of nitrogens with zero attached hydrogens (tertiary/aromatic N) is 5. The summed E-state index contributed by atoms with van der Waals surface area (Å²) in [6, 6.07) is 4.25. The van der Waals surface area contributed by atoms with E-state index in [-0.39, 0.29) is 42.6 Å². The van der Waals surface area contributed by atoms with Gasteiger partial charge in [0.15, 0.2) is 0 Å². The van der Waals surface area contributed by atoms with Gasteiger partial charge in [0.1, 0.15) is 0 Å². The number of halogens is 9. The van der Waals surface area contributed by atoms with Crippen LogP contribution in [0.25, 0.3) is 0 Å². The Balaban J connectivity index is 1.77. The molecule has 0 spiro atoms. The van der Waals surface area contributed by atoms with E-state index >= 15 is 0 Å². The summed E-state index contributed by atoms with van der Waals surface area (Å²) in [6.07, 6.45) is -13.0. The molecule has 4 rings (SSSR count). The van der Waals surface area contributed by atoms with Gasteiger partial charge in [0, 0.05) is 20.2 Å². The summed E-state index contributed by atoms with van der Waals surface area (Å²) in [4.78, 5) is 2.19. The van der Waals surface area contributed by atoms with Crippen molar-refractivity contribution in [1.82, 2.24) is 20.2 Å². The lowest BCUT2D eigenvalue weighted by atomic mass is 9.96. The number of ether oxygens (including phenoxy) is 1. The van der Waals surface area contributed by atoms with E-state index in [4.69, 9.17) is 4.74 Å². The molecule has 1 aliphatic carbocycles. The third-order valence-electron chi connectivity index (χ3n) is 6.57. The molecule has 0 amide bonds. The lowest BCUT2D eigenvalue weighted by Crippen LogP contribution is -2.26. The molecule has 1 unspecified atom stereocenters. The Bertz CT molecular complexity index is 1300. The fourth-order valence-corrected chi connectivity index (χ4v) is 4.41. The van der Waals surface area contributed by atoms with Crippen molar-refractivity contribution in [3.05, 3.63) is 69.8 Å². The molecule has 0 saturated heterocycles. The van der Waals surface area contributed by atoms with Crippen LogP contribution in [-0.2, 0) is 49.8 Å². The first kappa shape index (κ1) is 29.6. The average Bonchev–Trinajstić information content (AvgIpc) is 3.60. The van der Waals surface area contributed by atoms with Gasteiger partial charge in [-0.05, 0) is 77.4 Å². The number of aromatic nitrogens is 4. The van der Waals surface area contributed by atoms with Gasteiger partial charge in [-0.25, -0.2) is 0 Å². The van der Waals surface area contributed by atoms with E-state index in [0.717, 1.165) is 29.8 Å². The highest BCUT2D eigenvalue weighted by Gasteiger charge is 2.38. The SMILES string of the molecule is COC(Cc1ccc(C(F)(F)F)cc1CN(Cc1cc(C(F)(F)F)cc(C(F)(F)F)c1)c1nnn(C)n1)C1CC1. The fraction of sp³-hybridized carbons (Fsp3) is 0.480. The predicted molar refractivity (Wildman–Crippen MR) is 124 cm³/mol. The van der Waals surface area contributed by atoms with Gasteiger partial charge in [-0.3, -0.25) is 0 Å². The number of anilines is 1. The molecule has 1 atom stereocenters. The van der Waals surface area contributed by atoms with Crippen molar-refractivity contribution < 1.29 is 44.3 Å². The molecule has 15 heteroatoms. The van der Waals surface area contributed by atoms with Crippen LogP contribution in [0, 0.1) is 5.92 Å². The zero-order valence-corrected chi connectivity index (χ0v) is 21.2. The Morgan fingerprint density at radius 3 is 1.93 bits per heavy atom. The van der Waals surface area contributed by atoms with Gasteiger partial charge in [0.25, 0.3) is 5.95 Å². The zero-order valence-electron chi connectivity index (χ0n) is 21.2. The number of rotatable bonds is 9. The normalized spacial score (nSPS) is 15.4. The summed E-state index contributed by atoms with van der Waals surface area (Å²) in [6.45, 7) is -0.936. The molecule has 3 aromatic rings. The summed E-state index contributed by atoms with van der Waals surface area (Å²) < 4.78 is 127. The van der Waals surface area contributed by atoms with Crippen LogP contribution in [0.4, 0.5) is 45.5 Å². The standard InChI is InChI=1S/C25H24F9N5O/c1-38-36-22(35-37-38)39(12-14-7-19(24(29,30)31)11-20(8-14)25(32,33)34)13-17-9-18(23(26,27)28)6-5-16(17)10-21(40-2)15-3-4-15/h5-9,11,15,21H,3-4,10,12-13H2,1-2H3. The highest BCUT2D eigenvalue weighted by molar-refractivity contribution is 5.41. The van der Waals surface area contributed by atoms with E-state index in [1.807, 2.05) is 0 Å². The van der Waals surface area contributed by atoms with E-state index < -0.39 is 47.3 Å². The molecule has 1 aliphatic rings. The maximum atomic E-state index is 13.6. The molecule has 2 aromatic carbocycles. The number of benzene rings is 2. The average molecular weight is 581 g/mol. The van der Waals surface area contributed by atoms with Gasteiger partial charge < -0.3 is 9.64 Å². The lowest BCUT2D eigenvalue weighted by molar-refractivity contribution is -0.143. The molecule has 0 bridgehead atoms. The van der Waals surface area contributed by atoms with Crippen LogP contribution >= 0.6 is 0 Å². The fourth-order valence-electron chi connectivity index (χ4n) is 4.41. The van der Waals surface area contributed by atoms with Crippen molar-refractivity contribution in [1.29, 1.82) is 0 Å². The van der Waals surface area contributed by atoms with Crippen molar-refractivity contribution in [2.45, 2.75) is 57.0 Å². The second-order valence-corrected chi connectivity index (χ2v) is 9.65. The van der Waals surface area contributed by atoms with Crippen molar-refractivity contribution in [3.8, 4) is 0 Å². The van der Waals surface area contributed by atoms with Crippen molar-refractivity contribution in [2.24, 2.45) is 13.0 Å². The smallest absolute Gasteiger partial charge is 0.381 e. The Hall–Kier alpha value is -3.36. The van der Waals surface area contributed by atoms with E-state index in [1.165, 1.54) is 25.1 Å². The summed E-state index contributed by atoms with van der Waals surface area (Å²) in [5.41, 5.74) is -3.75. The Kier molecular flexibility index (Phi) is 8.07. The van der Waals surface area contributed by atoms with Gasteiger partial charge in [0.05, 0.1) is 29.8 Å². The Labute approximate surface area is 222 Å². The lowest BCUT2D eigenvalue weighted by Gasteiger charge is -2.25. The highest BCUT2D eigenvalue weighted by atomic mass is 19.4. The minimum absolute atomic E-state index is 0.00207. The van der Waals surface area contributed by atoms with E-state index in [2.05, 4.69) is 15.4 Å². The molecule has 1 fully saturated rings. The topological polar surface area (TPSA) is 56.1 Å². The first-order valence-electron chi connectivity index (χ1n) is 12.0. The van der Waals surface area contributed by atoms with Crippen molar-refractivity contribution >= 4 is 5.95 Å². The first-order valence-corrected chi connectivity index (χ1v) is 12.0. The Morgan fingerprint density at radius 2 is 1.45 bits per heavy atom. The zero-order chi connectivity index (χ0) is 29.5. The minimum atomic E-state index is -5.07. The van der Waals surface area contributed by atoms with Crippen LogP contribution in [-0.4, -0.2) is 33.4 Å². The summed E-state index contributed by atoms with van der Waals surface area (Å²) in [7, 11) is 2.88. The largest absolute Gasteiger partial charge is 0.416 e. The maximum Gasteiger partial charge on any atom is 0.416 e. The monoisotopic (exact) mass is 581 g/mol. The van der Waals surface area contributed by atoms with Crippen LogP contribution < -0.4 is 4.90 Å². The summed E-state index contributed by atoms with van der Waals surface area (Å²) >= 11 is 0. The molecule has 1 saturated carbocycles. The summed E-state index contributed by atoms with van der Waals surface area (Å²) in [5.74, 6) is 0.0473. The molecule has 1 aromatic heterocycles.